The minimum absolute atomic E-state index is 0.168. The van der Waals surface area contributed by atoms with Crippen LogP contribution in [0.4, 0.5) is 5.69 Å². The Morgan fingerprint density at radius 1 is 1.57 bits per heavy atom. The first-order valence-corrected chi connectivity index (χ1v) is 4.02. The summed E-state index contributed by atoms with van der Waals surface area (Å²) in [7, 11) is 1.56. The predicted octanol–water partition coefficient (Wildman–Crippen LogP) is 0.685. The Morgan fingerprint density at radius 3 is 3.00 bits per heavy atom. The smallest absolute Gasteiger partial charge is 0.251 e. The van der Waals surface area contributed by atoms with E-state index in [1.807, 2.05) is 0 Å². The van der Waals surface area contributed by atoms with Gasteiger partial charge in [0, 0.05) is 12.6 Å². The van der Waals surface area contributed by atoms with Gasteiger partial charge in [-0.25, -0.2) is 4.99 Å². The summed E-state index contributed by atoms with van der Waals surface area (Å²) in [5.74, 6) is -0.168. The minimum Gasteiger partial charge on any atom is -0.355 e. The van der Waals surface area contributed by atoms with Gasteiger partial charge in [-0.05, 0) is 18.2 Å². The maximum atomic E-state index is 11.2. The van der Waals surface area contributed by atoms with Crippen molar-refractivity contribution in [2.75, 3.05) is 7.05 Å². The summed E-state index contributed by atoms with van der Waals surface area (Å²) >= 11 is 0. The van der Waals surface area contributed by atoms with Crippen molar-refractivity contribution in [1.29, 1.82) is 0 Å². The van der Waals surface area contributed by atoms with Crippen molar-refractivity contribution < 1.29 is 10.0 Å². The molecule has 0 aromatic heterocycles. The Labute approximate surface area is 81.4 Å². The third kappa shape index (κ3) is 2.56. The number of carbonyl (C=O) groups is 1. The van der Waals surface area contributed by atoms with Crippen LogP contribution in [0.25, 0.3) is 0 Å². The topological polar surface area (TPSA) is 73.7 Å². The van der Waals surface area contributed by atoms with E-state index in [4.69, 9.17) is 5.21 Å². The second kappa shape index (κ2) is 4.98. The Bertz CT molecular complexity index is 350. The summed E-state index contributed by atoms with van der Waals surface area (Å²) in [6.45, 7) is 0. The number of benzene rings is 1. The summed E-state index contributed by atoms with van der Waals surface area (Å²) in [4.78, 5) is 15.0. The summed E-state index contributed by atoms with van der Waals surface area (Å²) in [6.07, 6.45) is 1.13. The highest BCUT2D eigenvalue weighted by molar-refractivity contribution is 5.94. The van der Waals surface area contributed by atoms with Crippen LogP contribution in [0.2, 0.25) is 0 Å². The highest BCUT2D eigenvalue weighted by Gasteiger charge is 2.01. The number of amides is 1. The average molecular weight is 193 g/mol. The molecule has 0 saturated carbocycles. The summed E-state index contributed by atoms with van der Waals surface area (Å²) in [5, 5.41) is 10.8. The Kier molecular flexibility index (Phi) is 3.63. The van der Waals surface area contributed by atoms with Gasteiger partial charge in [0.25, 0.3) is 5.91 Å². The molecule has 0 atom stereocenters. The van der Waals surface area contributed by atoms with Gasteiger partial charge >= 0.3 is 0 Å². The van der Waals surface area contributed by atoms with E-state index in [0.717, 1.165) is 6.34 Å². The molecule has 5 nitrogen and oxygen atoms in total. The van der Waals surface area contributed by atoms with Crippen LogP contribution in [-0.4, -0.2) is 24.5 Å². The van der Waals surface area contributed by atoms with Crippen LogP contribution in [0.15, 0.2) is 29.3 Å². The van der Waals surface area contributed by atoms with E-state index in [1.54, 1.807) is 36.8 Å². The first kappa shape index (κ1) is 10.2. The molecule has 1 rings (SSSR count). The molecule has 0 heterocycles. The second-order valence-electron chi connectivity index (χ2n) is 2.52. The van der Waals surface area contributed by atoms with Crippen LogP contribution >= 0.6 is 0 Å². The fraction of sp³-hybridized carbons (Fsp3) is 0.111. The van der Waals surface area contributed by atoms with Gasteiger partial charge in [0.1, 0.15) is 6.34 Å². The number of hydrogen-bond donors (Lipinski definition) is 3. The van der Waals surface area contributed by atoms with Crippen molar-refractivity contribution in [3.05, 3.63) is 29.8 Å². The van der Waals surface area contributed by atoms with Gasteiger partial charge in [0.15, 0.2) is 0 Å². The van der Waals surface area contributed by atoms with E-state index in [-0.39, 0.29) is 5.91 Å². The zero-order chi connectivity index (χ0) is 10.4. The van der Waals surface area contributed by atoms with Gasteiger partial charge in [-0.15, -0.1) is 0 Å². The third-order valence-corrected chi connectivity index (χ3v) is 1.61. The van der Waals surface area contributed by atoms with Gasteiger partial charge in [0.05, 0.1) is 5.69 Å². The highest BCUT2D eigenvalue weighted by Crippen LogP contribution is 2.12. The minimum atomic E-state index is -0.168. The average Bonchev–Trinajstić information content (AvgIpc) is 2.25. The quantitative estimate of drug-likeness (QED) is 0.375. The molecule has 0 aliphatic rings. The molecular formula is C9H11N3O2. The van der Waals surface area contributed by atoms with Gasteiger partial charge in [-0.3, -0.25) is 15.5 Å². The van der Waals surface area contributed by atoms with Gasteiger partial charge in [-0.1, -0.05) is 6.07 Å². The van der Waals surface area contributed by atoms with Crippen molar-refractivity contribution in [3.8, 4) is 0 Å². The number of nitrogens with one attached hydrogen (secondary N) is 2. The zero-order valence-electron chi connectivity index (χ0n) is 7.69. The lowest BCUT2D eigenvalue weighted by Gasteiger charge is -1.99. The molecule has 74 valence electrons. The predicted molar refractivity (Wildman–Crippen MR) is 52.9 cm³/mol. The molecule has 0 spiro atoms. The number of carbonyl (C=O) groups excluding carboxylic acids is 1. The first-order chi connectivity index (χ1) is 6.77. The molecule has 1 aromatic carbocycles. The molecule has 1 aromatic rings. The van der Waals surface area contributed by atoms with E-state index in [1.165, 1.54) is 0 Å². The lowest BCUT2D eigenvalue weighted by Crippen LogP contribution is -2.17. The number of hydroxylamine groups is 1. The molecule has 3 N–H and O–H groups in total. The maximum absolute atomic E-state index is 11.2. The zero-order valence-corrected chi connectivity index (χ0v) is 7.69. The number of rotatable bonds is 3. The normalized spacial score (nSPS) is 10.1. The number of nitrogens with zero attached hydrogens (tertiary/aromatic N) is 1. The first-order valence-electron chi connectivity index (χ1n) is 4.02. The third-order valence-electron chi connectivity index (χ3n) is 1.61. The number of aliphatic imine (C=N–C) groups is 1. The number of hydrogen-bond acceptors (Lipinski definition) is 3. The van der Waals surface area contributed by atoms with Crippen molar-refractivity contribution in [2.24, 2.45) is 4.99 Å². The van der Waals surface area contributed by atoms with Crippen LogP contribution in [-0.2, 0) is 0 Å². The summed E-state index contributed by atoms with van der Waals surface area (Å²) in [6, 6.07) is 6.74. The van der Waals surface area contributed by atoms with Crippen LogP contribution in [0.1, 0.15) is 10.4 Å². The molecule has 5 heteroatoms. The fourth-order valence-electron chi connectivity index (χ4n) is 0.975. The van der Waals surface area contributed by atoms with E-state index in [2.05, 4.69) is 10.3 Å². The van der Waals surface area contributed by atoms with Gasteiger partial charge in [0.2, 0.25) is 0 Å². The van der Waals surface area contributed by atoms with Crippen molar-refractivity contribution in [1.82, 2.24) is 10.8 Å². The van der Waals surface area contributed by atoms with Gasteiger partial charge < -0.3 is 5.32 Å². The van der Waals surface area contributed by atoms with E-state index < -0.39 is 0 Å². The van der Waals surface area contributed by atoms with Crippen molar-refractivity contribution in [2.45, 2.75) is 0 Å². The molecule has 0 radical (unpaired) electrons. The molecule has 0 saturated heterocycles. The molecular weight excluding hydrogens is 182 g/mol. The molecule has 0 aliphatic heterocycles. The molecule has 0 aliphatic carbocycles. The van der Waals surface area contributed by atoms with Gasteiger partial charge in [-0.2, -0.15) is 0 Å². The molecule has 0 bridgehead atoms. The molecule has 14 heavy (non-hydrogen) atoms. The Morgan fingerprint density at radius 2 is 2.36 bits per heavy atom. The summed E-state index contributed by atoms with van der Waals surface area (Å²) in [5.41, 5.74) is 2.90. The van der Waals surface area contributed by atoms with E-state index in [9.17, 15) is 4.79 Å². The maximum Gasteiger partial charge on any atom is 0.251 e. The fourth-order valence-corrected chi connectivity index (χ4v) is 0.975. The van der Waals surface area contributed by atoms with Crippen LogP contribution < -0.4 is 10.8 Å². The Hall–Kier alpha value is -1.88. The Balaban J connectivity index is 2.89. The van der Waals surface area contributed by atoms with Crippen LogP contribution in [0, 0.1) is 0 Å². The largest absolute Gasteiger partial charge is 0.355 e. The molecule has 0 fully saturated rings. The lowest BCUT2D eigenvalue weighted by atomic mass is 10.2. The monoisotopic (exact) mass is 193 g/mol. The van der Waals surface area contributed by atoms with E-state index in [0.29, 0.717) is 11.3 Å². The lowest BCUT2D eigenvalue weighted by molar-refractivity contribution is 0.0963. The molecule has 1 amide bonds. The van der Waals surface area contributed by atoms with Crippen molar-refractivity contribution in [3.63, 3.8) is 0 Å². The highest BCUT2D eigenvalue weighted by atomic mass is 16.5. The SMILES string of the molecule is CNC(=O)c1cccc(N=CNO)c1. The molecule has 0 unspecified atom stereocenters. The standard InChI is InChI=1S/C9H11N3O2/c1-10-9(13)7-3-2-4-8(5-7)11-6-12-14/h2-6,14H,1H3,(H,10,13)(H,11,12). The summed E-state index contributed by atoms with van der Waals surface area (Å²) < 4.78 is 0. The van der Waals surface area contributed by atoms with Crippen LogP contribution in [0.3, 0.4) is 0 Å². The van der Waals surface area contributed by atoms with E-state index >= 15 is 0 Å². The van der Waals surface area contributed by atoms with Crippen molar-refractivity contribution >= 4 is 17.9 Å². The second-order valence-corrected chi connectivity index (χ2v) is 2.52. The van der Waals surface area contributed by atoms with Crippen LogP contribution in [0.5, 0.6) is 0 Å².